The van der Waals surface area contributed by atoms with Crippen LogP contribution in [-0.2, 0) is 11.8 Å². The molecule has 1 saturated heterocycles. The second-order valence-corrected chi connectivity index (χ2v) is 5.88. The molecule has 0 aliphatic carbocycles. The molecule has 0 spiro atoms. The van der Waals surface area contributed by atoms with Crippen LogP contribution >= 0.6 is 0 Å². The van der Waals surface area contributed by atoms with Crippen LogP contribution in [0.15, 0.2) is 25.0 Å². The summed E-state index contributed by atoms with van der Waals surface area (Å²) in [6, 6.07) is -0.214. The highest BCUT2D eigenvalue weighted by molar-refractivity contribution is 5.80. The molecule has 0 unspecified atom stereocenters. The average molecular weight is 317 g/mol. The number of aryl methyl sites for hydroxylation is 1. The van der Waals surface area contributed by atoms with Gasteiger partial charge in [-0.15, -0.1) is 0 Å². The monoisotopic (exact) mass is 317 g/mol. The lowest BCUT2D eigenvalue weighted by Gasteiger charge is -2.41. The van der Waals surface area contributed by atoms with Crippen LogP contribution in [0.5, 0.6) is 0 Å². The molecule has 8 nitrogen and oxygen atoms in total. The van der Waals surface area contributed by atoms with Crippen molar-refractivity contribution in [2.24, 2.45) is 7.05 Å². The number of piperazine rings is 1. The Labute approximate surface area is 135 Å². The van der Waals surface area contributed by atoms with Crippen LogP contribution < -0.4 is 0 Å². The molecular weight excluding hydrogens is 294 g/mol. The minimum Gasteiger partial charge on any atom is -0.338 e. The molecule has 124 valence electrons. The van der Waals surface area contributed by atoms with E-state index in [1.165, 1.54) is 6.33 Å². The molecule has 2 aromatic heterocycles. The quantitative estimate of drug-likeness (QED) is 0.820. The van der Waals surface area contributed by atoms with E-state index >= 15 is 0 Å². The van der Waals surface area contributed by atoms with Crippen LogP contribution in [-0.4, -0.2) is 66.2 Å². The number of hydrogen-bond acceptors (Lipinski definition) is 5. The lowest BCUT2D eigenvalue weighted by atomic mass is 10.1. The van der Waals surface area contributed by atoms with Gasteiger partial charge in [-0.1, -0.05) is 6.92 Å². The first-order valence-electron chi connectivity index (χ1n) is 7.96. The third-order valence-corrected chi connectivity index (χ3v) is 4.56. The van der Waals surface area contributed by atoms with E-state index in [1.54, 1.807) is 11.0 Å². The number of likely N-dealkylation sites (N-methyl/N-ethyl adjacent to an activating group) is 1. The largest absolute Gasteiger partial charge is 0.338 e. The van der Waals surface area contributed by atoms with Crippen molar-refractivity contribution in [2.75, 3.05) is 26.2 Å². The van der Waals surface area contributed by atoms with Crippen molar-refractivity contribution < 1.29 is 4.79 Å². The van der Waals surface area contributed by atoms with Gasteiger partial charge in [0, 0.05) is 39.1 Å². The van der Waals surface area contributed by atoms with E-state index in [1.807, 2.05) is 35.8 Å². The van der Waals surface area contributed by atoms with Crippen molar-refractivity contribution in [1.82, 2.24) is 34.1 Å². The molecule has 0 aromatic carbocycles. The standard InChI is InChI=1S/C15H23N7O/c1-4-20-7-8-21(9-13(20)14-17-5-6-19(14)3)15(23)12(2)22-11-16-10-18-22/h5-6,10-13H,4,7-9H2,1-3H3/t12-,13-/m1/s1. The van der Waals surface area contributed by atoms with Gasteiger partial charge in [0.25, 0.3) is 0 Å². The first kappa shape index (κ1) is 15.7. The SMILES string of the molecule is CCN1CCN(C(=O)[C@@H](C)n2cncn2)C[C@@H]1c1nccn1C. The summed E-state index contributed by atoms with van der Waals surface area (Å²) in [4.78, 5) is 25.5. The Hall–Kier alpha value is -2.22. The number of nitrogens with zero attached hydrogens (tertiary/aromatic N) is 7. The first-order chi connectivity index (χ1) is 11.1. The summed E-state index contributed by atoms with van der Waals surface area (Å²) < 4.78 is 3.63. The van der Waals surface area contributed by atoms with Crippen LogP contribution in [0.4, 0.5) is 0 Å². The fourth-order valence-electron chi connectivity index (χ4n) is 3.14. The molecule has 3 rings (SSSR count). The summed E-state index contributed by atoms with van der Waals surface area (Å²) in [7, 11) is 2.00. The number of carbonyl (C=O) groups is 1. The van der Waals surface area contributed by atoms with E-state index in [9.17, 15) is 4.79 Å². The third-order valence-electron chi connectivity index (χ3n) is 4.56. The van der Waals surface area contributed by atoms with E-state index in [0.29, 0.717) is 6.54 Å². The summed E-state index contributed by atoms with van der Waals surface area (Å²) in [6.07, 6.45) is 6.79. The van der Waals surface area contributed by atoms with Gasteiger partial charge >= 0.3 is 0 Å². The molecule has 1 amide bonds. The van der Waals surface area contributed by atoms with Crippen molar-refractivity contribution >= 4 is 5.91 Å². The van der Waals surface area contributed by atoms with Crippen molar-refractivity contribution in [3.05, 3.63) is 30.9 Å². The number of carbonyl (C=O) groups excluding carboxylic acids is 1. The van der Waals surface area contributed by atoms with E-state index in [0.717, 1.165) is 25.5 Å². The number of aromatic nitrogens is 5. The van der Waals surface area contributed by atoms with Crippen LogP contribution in [0.3, 0.4) is 0 Å². The second-order valence-electron chi connectivity index (χ2n) is 5.88. The Balaban J connectivity index is 1.77. The molecule has 0 bridgehead atoms. The van der Waals surface area contributed by atoms with Gasteiger partial charge in [0.15, 0.2) is 0 Å². The fraction of sp³-hybridized carbons (Fsp3) is 0.600. The van der Waals surface area contributed by atoms with Crippen LogP contribution in [0.25, 0.3) is 0 Å². The van der Waals surface area contributed by atoms with Gasteiger partial charge in [-0.2, -0.15) is 5.10 Å². The summed E-state index contributed by atoms with van der Waals surface area (Å²) in [5.41, 5.74) is 0. The summed E-state index contributed by atoms with van der Waals surface area (Å²) >= 11 is 0. The number of imidazole rings is 1. The second kappa shape index (κ2) is 6.49. The van der Waals surface area contributed by atoms with E-state index in [2.05, 4.69) is 26.9 Å². The summed E-state index contributed by atoms with van der Waals surface area (Å²) in [5.74, 6) is 1.07. The van der Waals surface area contributed by atoms with Gasteiger partial charge in [-0.05, 0) is 13.5 Å². The predicted molar refractivity (Wildman–Crippen MR) is 84.5 cm³/mol. The number of hydrogen-bond donors (Lipinski definition) is 0. The van der Waals surface area contributed by atoms with Crippen LogP contribution in [0, 0.1) is 0 Å². The zero-order chi connectivity index (χ0) is 16.4. The smallest absolute Gasteiger partial charge is 0.247 e. The molecule has 0 radical (unpaired) electrons. The minimum atomic E-state index is -0.340. The molecule has 1 aliphatic heterocycles. The fourth-order valence-corrected chi connectivity index (χ4v) is 3.14. The molecular formula is C15H23N7O. The Kier molecular flexibility index (Phi) is 4.42. The number of rotatable bonds is 4. The molecule has 2 atom stereocenters. The van der Waals surface area contributed by atoms with Crippen LogP contribution in [0.1, 0.15) is 31.8 Å². The first-order valence-corrected chi connectivity index (χ1v) is 7.96. The Morgan fingerprint density at radius 1 is 1.43 bits per heavy atom. The Morgan fingerprint density at radius 2 is 2.26 bits per heavy atom. The minimum absolute atomic E-state index is 0.0745. The highest BCUT2D eigenvalue weighted by atomic mass is 16.2. The van der Waals surface area contributed by atoms with Crippen LogP contribution in [0.2, 0.25) is 0 Å². The van der Waals surface area contributed by atoms with E-state index in [-0.39, 0.29) is 18.0 Å². The molecule has 2 aromatic rings. The van der Waals surface area contributed by atoms with E-state index in [4.69, 9.17) is 0 Å². The normalized spacial score (nSPS) is 20.7. The van der Waals surface area contributed by atoms with Gasteiger partial charge in [0.1, 0.15) is 24.5 Å². The highest BCUT2D eigenvalue weighted by Gasteiger charge is 2.33. The maximum atomic E-state index is 12.8. The lowest BCUT2D eigenvalue weighted by molar-refractivity contribution is -0.137. The highest BCUT2D eigenvalue weighted by Crippen LogP contribution is 2.25. The van der Waals surface area contributed by atoms with Crippen molar-refractivity contribution in [3.63, 3.8) is 0 Å². The average Bonchev–Trinajstić information content (AvgIpc) is 3.24. The van der Waals surface area contributed by atoms with Gasteiger partial charge in [0.2, 0.25) is 5.91 Å². The lowest BCUT2D eigenvalue weighted by Crippen LogP contribution is -2.52. The van der Waals surface area contributed by atoms with Crippen molar-refractivity contribution in [1.29, 1.82) is 0 Å². The molecule has 3 heterocycles. The summed E-state index contributed by atoms with van der Waals surface area (Å²) in [6.45, 7) is 7.18. The molecule has 8 heteroatoms. The topological polar surface area (TPSA) is 72.1 Å². The maximum Gasteiger partial charge on any atom is 0.247 e. The van der Waals surface area contributed by atoms with Crippen molar-refractivity contribution in [3.8, 4) is 0 Å². The zero-order valence-corrected chi connectivity index (χ0v) is 13.8. The molecule has 0 saturated carbocycles. The third kappa shape index (κ3) is 2.98. The predicted octanol–water partition coefficient (Wildman–Crippen LogP) is 0.478. The molecule has 0 N–H and O–H groups in total. The molecule has 1 aliphatic rings. The van der Waals surface area contributed by atoms with Crippen molar-refractivity contribution in [2.45, 2.75) is 25.9 Å². The Bertz CT molecular complexity index is 651. The van der Waals surface area contributed by atoms with Gasteiger partial charge in [-0.25, -0.2) is 14.6 Å². The van der Waals surface area contributed by atoms with Gasteiger partial charge < -0.3 is 9.47 Å². The molecule has 23 heavy (non-hydrogen) atoms. The maximum absolute atomic E-state index is 12.8. The van der Waals surface area contributed by atoms with E-state index < -0.39 is 0 Å². The number of amides is 1. The van der Waals surface area contributed by atoms with Gasteiger partial charge in [-0.3, -0.25) is 9.69 Å². The Morgan fingerprint density at radius 3 is 2.87 bits per heavy atom. The zero-order valence-electron chi connectivity index (χ0n) is 13.8. The molecule has 1 fully saturated rings. The summed E-state index contributed by atoms with van der Waals surface area (Å²) in [5, 5.41) is 4.08. The van der Waals surface area contributed by atoms with Gasteiger partial charge in [0.05, 0.1) is 6.04 Å².